The number of rotatable bonds is 7. The fraction of sp³-hybridized carbons (Fsp3) is 0.423. The molecule has 8 heteroatoms. The molecule has 8 nitrogen and oxygen atoms in total. The minimum absolute atomic E-state index is 0.000426. The van der Waals surface area contributed by atoms with Crippen LogP contribution < -0.4 is 15.8 Å². The van der Waals surface area contributed by atoms with Gasteiger partial charge in [-0.25, -0.2) is 9.67 Å². The quantitative estimate of drug-likeness (QED) is 0.541. The van der Waals surface area contributed by atoms with Crippen LogP contribution in [0.15, 0.2) is 37.0 Å². The number of nitrogens with one attached hydrogen (secondary N) is 1. The smallest absolute Gasteiger partial charge is 0.255 e. The molecule has 34 heavy (non-hydrogen) atoms. The molecule has 1 atom stereocenters. The first-order valence-corrected chi connectivity index (χ1v) is 11.9. The maximum atomic E-state index is 13.8. The molecule has 3 N–H and O–H groups in total. The molecule has 3 heterocycles. The number of anilines is 1. The van der Waals surface area contributed by atoms with Gasteiger partial charge in [-0.15, -0.1) is 0 Å². The van der Waals surface area contributed by atoms with Crippen molar-refractivity contribution in [2.45, 2.75) is 52.1 Å². The first kappa shape index (κ1) is 23.6. The van der Waals surface area contributed by atoms with E-state index in [-0.39, 0.29) is 18.0 Å². The number of pyridine rings is 1. The number of nitrogens with two attached hydrogens (primary N) is 1. The fourth-order valence-electron chi connectivity index (χ4n) is 4.67. The molecule has 1 aliphatic rings. The first-order chi connectivity index (χ1) is 16.3. The molecule has 2 aromatic heterocycles. The number of hydrogen-bond acceptors (Lipinski definition) is 6. The van der Waals surface area contributed by atoms with Crippen LogP contribution in [0.4, 0.5) is 5.69 Å². The number of carbonyl (C=O) groups excluding carboxylic acids is 1. The average Bonchev–Trinajstić information content (AvgIpc) is 3.25. The molecule has 3 aromatic rings. The van der Waals surface area contributed by atoms with Gasteiger partial charge >= 0.3 is 0 Å². The Morgan fingerprint density at radius 3 is 2.85 bits per heavy atom. The molecule has 1 saturated heterocycles. The number of amides is 1. The van der Waals surface area contributed by atoms with Gasteiger partial charge in [-0.3, -0.25) is 4.79 Å². The molecule has 0 radical (unpaired) electrons. The van der Waals surface area contributed by atoms with Gasteiger partial charge in [-0.2, -0.15) is 5.10 Å². The summed E-state index contributed by atoms with van der Waals surface area (Å²) in [6, 6.07) is 7.73. The molecule has 180 valence electrons. The van der Waals surface area contributed by atoms with E-state index < -0.39 is 0 Å². The maximum Gasteiger partial charge on any atom is 0.255 e. The number of aryl methyl sites for hydroxylation is 1. The topological polar surface area (TPSA) is 98.3 Å². The van der Waals surface area contributed by atoms with Crippen molar-refractivity contribution >= 4 is 28.3 Å². The summed E-state index contributed by atoms with van der Waals surface area (Å²) in [6.07, 6.45) is 4.67. The van der Waals surface area contributed by atoms with Crippen LogP contribution in [0.1, 0.15) is 60.8 Å². The third-order valence-corrected chi connectivity index (χ3v) is 6.35. The number of piperidine rings is 1. The lowest BCUT2D eigenvalue weighted by molar-refractivity contribution is 0.0530. The van der Waals surface area contributed by atoms with Gasteiger partial charge in [0.25, 0.3) is 5.91 Å². The summed E-state index contributed by atoms with van der Waals surface area (Å²) < 4.78 is 8.11. The summed E-state index contributed by atoms with van der Waals surface area (Å²) in [5, 5.41) is 8.42. The average molecular weight is 463 g/mol. The minimum atomic E-state index is -0.0398. The lowest BCUT2D eigenvalue weighted by atomic mass is 10.0. The third kappa shape index (κ3) is 4.44. The van der Waals surface area contributed by atoms with E-state index in [4.69, 9.17) is 10.5 Å². The zero-order chi connectivity index (χ0) is 24.4. The Morgan fingerprint density at radius 2 is 2.15 bits per heavy atom. The molecule has 0 spiro atoms. The summed E-state index contributed by atoms with van der Waals surface area (Å²) in [5.41, 5.74) is 10.3. The highest BCUT2D eigenvalue weighted by molar-refractivity contribution is 6.05. The Kier molecular flexibility index (Phi) is 6.77. The molecule has 1 fully saturated rings. The lowest BCUT2D eigenvalue weighted by Gasteiger charge is -2.36. The van der Waals surface area contributed by atoms with Crippen molar-refractivity contribution in [3.8, 4) is 5.75 Å². The Morgan fingerprint density at radius 1 is 1.35 bits per heavy atom. The van der Waals surface area contributed by atoms with Crippen LogP contribution in [-0.2, 0) is 0 Å². The highest BCUT2D eigenvalue weighted by Gasteiger charge is 2.30. The van der Waals surface area contributed by atoms with E-state index in [0.29, 0.717) is 30.2 Å². The van der Waals surface area contributed by atoms with Crippen molar-refractivity contribution in [3.63, 3.8) is 0 Å². The Labute approximate surface area is 200 Å². The number of carbonyl (C=O) groups is 1. The number of benzene rings is 1. The number of hydrogen-bond donors (Lipinski definition) is 2. The van der Waals surface area contributed by atoms with Crippen LogP contribution in [0.3, 0.4) is 0 Å². The van der Waals surface area contributed by atoms with Gasteiger partial charge in [-0.05, 0) is 58.2 Å². The van der Waals surface area contributed by atoms with Crippen molar-refractivity contribution in [1.82, 2.24) is 19.7 Å². The Bertz CT molecular complexity index is 1220. The second-order valence-corrected chi connectivity index (χ2v) is 9.14. The van der Waals surface area contributed by atoms with Crippen molar-refractivity contribution in [1.29, 1.82) is 0 Å². The van der Waals surface area contributed by atoms with Gasteiger partial charge in [0.15, 0.2) is 5.65 Å². The molecule has 1 aliphatic heterocycles. The second-order valence-electron chi connectivity index (χ2n) is 9.14. The van der Waals surface area contributed by atoms with E-state index in [1.807, 2.05) is 47.8 Å². The van der Waals surface area contributed by atoms with Crippen molar-refractivity contribution in [2.24, 2.45) is 5.73 Å². The zero-order valence-electron chi connectivity index (χ0n) is 20.5. The number of fused-ring (bicyclic) bond motifs is 1. The lowest BCUT2D eigenvalue weighted by Crippen LogP contribution is -2.46. The molecule has 4 rings (SSSR count). The van der Waals surface area contributed by atoms with Crippen LogP contribution in [-0.4, -0.2) is 51.8 Å². The number of nitrogens with zero attached hydrogens (tertiary/aromatic N) is 4. The number of aromatic nitrogens is 3. The molecule has 0 bridgehead atoms. The van der Waals surface area contributed by atoms with Crippen LogP contribution in [0.2, 0.25) is 0 Å². The van der Waals surface area contributed by atoms with E-state index in [1.165, 1.54) is 0 Å². The van der Waals surface area contributed by atoms with E-state index in [1.54, 1.807) is 6.20 Å². The van der Waals surface area contributed by atoms with Gasteiger partial charge in [0.2, 0.25) is 0 Å². The highest BCUT2D eigenvalue weighted by atomic mass is 16.5. The third-order valence-electron chi connectivity index (χ3n) is 6.35. The molecular formula is C26H34N6O2. The number of ether oxygens (including phenoxy) is 1. The maximum absolute atomic E-state index is 13.8. The predicted molar refractivity (Wildman–Crippen MR) is 136 cm³/mol. The van der Waals surface area contributed by atoms with Crippen molar-refractivity contribution < 1.29 is 9.53 Å². The summed E-state index contributed by atoms with van der Waals surface area (Å²) in [4.78, 5) is 20.4. The molecule has 1 aromatic carbocycles. The SMILES string of the molecule is C=C(N)c1c(NC)cccc1OC[C@H]1CCCCN1C(=O)c1cc(C)nc2c1cnn2C(C)C. The van der Waals surface area contributed by atoms with Gasteiger partial charge in [-0.1, -0.05) is 12.6 Å². The van der Waals surface area contributed by atoms with Gasteiger partial charge in [0, 0.05) is 36.7 Å². The summed E-state index contributed by atoms with van der Waals surface area (Å²) >= 11 is 0. The van der Waals surface area contributed by atoms with Gasteiger partial charge in [0.05, 0.1) is 28.8 Å². The minimum Gasteiger partial charge on any atom is -0.491 e. The van der Waals surface area contributed by atoms with E-state index in [2.05, 4.69) is 35.8 Å². The van der Waals surface area contributed by atoms with Gasteiger partial charge < -0.3 is 20.7 Å². The molecule has 0 unspecified atom stereocenters. The Balaban J connectivity index is 1.62. The van der Waals surface area contributed by atoms with E-state index in [0.717, 1.165) is 47.2 Å². The van der Waals surface area contributed by atoms with Crippen molar-refractivity contribution in [3.05, 3.63) is 53.9 Å². The summed E-state index contributed by atoms with van der Waals surface area (Å²) in [6.45, 7) is 11.0. The van der Waals surface area contributed by atoms with Crippen LogP contribution in [0.25, 0.3) is 16.7 Å². The van der Waals surface area contributed by atoms with Crippen LogP contribution in [0.5, 0.6) is 5.75 Å². The molecule has 1 amide bonds. The Hall–Kier alpha value is -3.55. The normalized spacial score (nSPS) is 16.1. The zero-order valence-corrected chi connectivity index (χ0v) is 20.5. The molecule has 0 aliphatic carbocycles. The monoisotopic (exact) mass is 462 g/mol. The van der Waals surface area contributed by atoms with E-state index in [9.17, 15) is 4.79 Å². The largest absolute Gasteiger partial charge is 0.491 e. The number of likely N-dealkylation sites (tertiary alicyclic amines) is 1. The van der Waals surface area contributed by atoms with Crippen LogP contribution >= 0.6 is 0 Å². The summed E-state index contributed by atoms with van der Waals surface area (Å²) in [7, 11) is 1.84. The summed E-state index contributed by atoms with van der Waals surface area (Å²) in [5.74, 6) is 0.664. The molecule has 0 saturated carbocycles. The van der Waals surface area contributed by atoms with Crippen LogP contribution in [0, 0.1) is 6.92 Å². The predicted octanol–water partition coefficient (Wildman–Crippen LogP) is 4.37. The highest BCUT2D eigenvalue weighted by Crippen LogP contribution is 2.31. The van der Waals surface area contributed by atoms with Crippen molar-refractivity contribution in [2.75, 3.05) is 25.5 Å². The first-order valence-electron chi connectivity index (χ1n) is 11.9. The van der Waals surface area contributed by atoms with Gasteiger partial charge in [0.1, 0.15) is 12.4 Å². The standard InChI is InChI=1S/C26H34N6O2/c1-16(2)32-25-21(14-29-32)20(13-17(3)30-25)26(33)31-12-7-6-9-19(31)15-34-23-11-8-10-22(28-5)24(23)18(4)27/h8,10-11,13-14,16,19,28H,4,6-7,9,12,15,27H2,1-3,5H3/t19-/m1/s1. The fourth-order valence-corrected chi connectivity index (χ4v) is 4.67. The van der Waals surface area contributed by atoms with E-state index >= 15 is 0 Å². The second kappa shape index (κ2) is 9.75. The molecular weight excluding hydrogens is 428 g/mol.